The predicted octanol–water partition coefficient (Wildman–Crippen LogP) is 2.19. The van der Waals surface area contributed by atoms with E-state index in [4.69, 9.17) is 4.74 Å². The third-order valence-electron chi connectivity index (χ3n) is 4.51. The second-order valence-electron chi connectivity index (χ2n) is 5.35. The molecule has 2 aromatic rings. The number of aromatic nitrogens is 2. The van der Waals surface area contributed by atoms with E-state index in [9.17, 15) is 4.79 Å². The summed E-state index contributed by atoms with van der Waals surface area (Å²) in [7, 11) is 1.46. The van der Waals surface area contributed by atoms with Crippen molar-refractivity contribution in [2.45, 2.75) is 18.4 Å². The Hall–Kier alpha value is -2.10. The average molecular weight is 254 g/mol. The molecule has 4 heteroatoms. The molecule has 2 aliphatic rings. The Morgan fingerprint density at radius 1 is 1.42 bits per heavy atom. The summed E-state index contributed by atoms with van der Waals surface area (Å²) >= 11 is 0. The van der Waals surface area contributed by atoms with Gasteiger partial charge in [0.05, 0.1) is 36.8 Å². The van der Waals surface area contributed by atoms with Crippen molar-refractivity contribution in [3.63, 3.8) is 0 Å². The summed E-state index contributed by atoms with van der Waals surface area (Å²) in [5, 5.41) is 0. The van der Waals surface area contributed by atoms with E-state index in [0.717, 1.165) is 18.5 Å². The zero-order valence-corrected chi connectivity index (χ0v) is 10.7. The lowest BCUT2D eigenvalue weighted by Crippen LogP contribution is -2.48. The Balaban J connectivity index is 1.81. The van der Waals surface area contributed by atoms with E-state index in [-0.39, 0.29) is 17.4 Å². The number of carbonyl (C=O) groups excluding carboxylic acids is 1. The van der Waals surface area contributed by atoms with Gasteiger partial charge in [0, 0.05) is 5.56 Å². The third-order valence-corrected chi connectivity index (χ3v) is 4.51. The van der Waals surface area contributed by atoms with Crippen molar-refractivity contribution >= 4 is 5.97 Å². The molecule has 1 spiro atoms. The van der Waals surface area contributed by atoms with Crippen LogP contribution in [-0.4, -0.2) is 22.6 Å². The van der Waals surface area contributed by atoms with Crippen LogP contribution < -0.4 is 0 Å². The molecule has 96 valence electrons. The molecule has 4 nitrogen and oxygen atoms in total. The molecule has 0 bridgehead atoms. The zero-order chi connectivity index (χ0) is 13.0. The number of hydrogen-bond donors (Lipinski definition) is 0. The van der Waals surface area contributed by atoms with E-state index >= 15 is 0 Å². The maximum absolute atomic E-state index is 11.6. The quantitative estimate of drug-likeness (QED) is 0.733. The number of methoxy groups -OCH3 is 1. The molecule has 1 aliphatic heterocycles. The highest BCUT2D eigenvalue weighted by molar-refractivity contribution is 5.77. The molecule has 1 fully saturated rings. The maximum atomic E-state index is 11.6. The summed E-state index contributed by atoms with van der Waals surface area (Å²) < 4.78 is 7.07. The first-order valence-electron chi connectivity index (χ1n) is 6.47. The van der Waals surface area contributed by atoms with Gasteiger partial charge in [-0.2, -0.15) is 0 Å². The van der Waals surface area contributed by atoms with Gasteiger partial charge in [-0.25, -0.2) is 4.98 Å². The lowest BCUT2D eigenvalue weighted by molar-refractivity contribution is -0.151. The van der Waals surface area contributed by atoms with Crippen LogP contribution in [0.1, 0.15) is 18.4 Å². The summed E-state index contributed by atoms with van der Waals surface area (Å²) in [6.45, 7) is 0. The lowest BCUT2D eigenvalue weighted by Gasteiger charge is -2.45. The SMILES string of the molecule is COC(=O)C1CC2(C1)c1ccccc1-c1cncn12. The van der Waals surface area contributed by atoms with E-state index in [1.807, 2.05) is 18.6 Å². The number of carbonyl (C=O) groups is 1. The van der Waals surface area contributed by atoms with Crippen LogP contribution in [-0.2, 0) is 15.1 Å². The summed E-state index contributed by atoms with van der Waals surface area (Å²) in [6.07, 6.45) is 5.39. The van der Waals surface area contributed by atoms with Crippen LogP contribution >= 0.6 is 0 Å². The van der Waals surface area contributed by atoms with Crippen LogP contribution in [0.4, 0.5) is 0 Å². The van der Waals surface area contributed by atoms with Crippen molar-refractivity contribution in [3.05, 3.63) is 42.4 Å². The Morgan fingerprint density at radius 3 is 3.00 bits per heavy atom. The van der Waals surface area contributed by atoms with E-state index in [2.05, 4.69) is 27.8 Å². The first kappa shape index (κ1) is 10.8. The van der Waals surface area contributed by atoms with Crippen LogP contribution in [0.3, 0.4) is 0 Å². The van der Waals surface area contributed by atoms with Gasteiger partial charge in [-0.1, -0.05) is 24.3 Å². The highest BCUT2D eigenvalue weighted by Gasteiger charge is 2.54. The average Bonchev–Trinajstić information content (AvgIpc) is 2.95. The van der Waals surface area contributed by atoms with Crippen molar-refractivity contribution in [1.82, 2.24) is 9.55 Å². The first-order chi connectivity index (χ1) is 9.26. The highest BCUT2D eigenvalue weighted by atomic mass is 16.5. The molecule has 0 N–H and O–H groups in total. The van der Waals surface area contributed by atoms with Crippen molar-refractivity contribution in [3.8, 4) is 11.3 Å². The molecule has 0 saturated heterocycles. The van der Waals surface area contributed by atoms with Crippen molar-refractivity contribution in [2.75, 3.05) is 7.11 Å². The zero-order valence-electron chi connectivity index (χ0n) is 10.7. The van der Waals surface area contributed by atoms with E-state index in [0.29, 0.717) is 0 Å². The monoisotopic (exact) mass is 254 g/mol. The Labute approximate surface area is 111 Å². The smallest absolute Gasteiger partial charge is 0.308 e. The van der Waals surface area contributed by atoms with Crippen molar-refractivity contribution in [1.29, 1.82) is 0 Å². The second kappa shape index (κ2) is 3.47. The molecule has 1 aromatic carbocycles. The number of fused-ring (bicyclic) bond motifs is 5. The van der Waals surface area contributed by atoms with Crippen LogP contribution in [0.2, 0.25) is 0 Å². The largest absolute Gasteiger partial charge is 0.469 e. The standard InChI is InChI=1S/C15H14N2O2/c1-19-14(18)10-6-15(7-10)12-5-3-2-4-11(12)13-8-16-9-17(13)15/h2-5,8-10H,6-7H2,1H3. The Kier molecular flexibility index (Phi) is 1.97. The first-order valence-corrected chi connectivity index (χ1v) is 6.47. The molecule has 0 radical (unpaired) electrons. The Morgan fingerprint density at radius 2 is 2.21 bits per heavy atom. The fraction of sp³-hybridized carbons (Fsp3) is 0.333. The molecule has 0 amide bonds. The van der Waals surface area contributed by atoms with Gasteiger partial charge in [-0.3, -0.25) is 4.79 Å². The van der Waals surface area contributed by atoms with E-state index < -0.39 is 0 Å². The second-order valence-corrected chi connectivity index (χ2v) is 5.35. The van der Waals surface area contributed by atoms with Gasteiger partial charge < -0.3 is 9.30 Å². The van der Waals surface area contributed by atoms with Gasteiger partial charge in [0.15, 0.2) is 0 Å². The van der Waals surface area contributed by atoms with Crippen LogP contribution in [0.15, 0.2) is 36.8 Å². The van der Waals surface area contributed by atoms with Crippen LogP contribution in [0, 0.1) is 5.92 Å². The minimum Gasteiger partial charge on any atom is -0.469 e. The lowest BCUT2D eigenvalue weighted by atomic mass is 9.65. The topological polar surface area (TPSA) is 44.1 Å². The van der Waals surface area contributed by atoms with E-state index in [1.165, 1.54) is 18.2 Å². The van der Waals surface area contributed by atoms with Gasteiger partial charge in [-0.15, -0.1) is 0 Å². The number of ether oxygens (including phenoxy) is 1. The van der Waals surface area contributed by atoms with E-state index in [1.54, 1.807) is 0 Å². The number of nitrogens with zero attached hydrogens (tertiary/aromatic N) is 2. The van der Waals surface area contributed by atoms with Crippen molar-refractivity contribution in [2.24, 2.45) is 5.92 Å². The summed E-state index contributed by atoms with van der Waals surface area (Å²) in [6, 6.07) is 8.40. The number of imidazole rings is 1. The summed E-state index contributed by atoms with van der Waals surface area (Å²) in [5.41, 5.74) is 3.62. The molecular formula is C15H14N2O2. The number of esters is 1. The number of benzene rings is 1. The van der Waals surface area contributed by atoms with Crippen LogP contribution in [0.25, 0.3) is 11.3 Å². The predicted molar refractivity (Wildman–Crippen MR) is 69.5 cm³/mol. The minimum atomic E-state index is -0.100. The number of rotatable bonds is 1. The molecule has 1 aromatic heterocycles. The molecular weight excluding hydrogens is 240 g/mol. The number of hydrogen-bond acceptors (Lipinski definition) is 3. The molecule has 0 atom stereocenters. The summed E-state index contributed by atoms with van der Waals surface area (Å²) in [5.74, 6) is -0.0944. The fourth-order valence-electron chi connectivity index (χ4n) is 3.58. The molecule has 1 aliphatic carbocycles. The fourth-order valence-corrected chi connectivity index (χ4v) is 3.58. The van der Waals surface area contributed by atoms with Crippen LogP contribution in [0.5, 0.6) is 0 Å². The molecule has 19 heavy (non-hydrogen) atoms. The maximum Gasteiger partial charge on any atom is 0.308 e. The minimum absolute atomic E-state index is 0.00593. The van der Waals surface area contributed by atoms with Gasteiger partial charge in [0.1, 0.15) is 0 Å². The van der Waals surface area contributed by atoms with Gasteiger partial charge in [0.25, 0.3) is 0 Å². The third kappa shape index (κ3) is 1.19. The summed E-state index contributed by atoms with van der Waals surface area (Å²) in [4.78, 5) is 15.9. The highest BCUT2D eigenvalue weighted by Crippen LogP contribution is 2.56. The van der Waals surface area contributed by atoms with Crippen molar-refractivity contribution < 1.29 is 9.53 Å². The molecule has 0 unspecified atom stereocenters. The normalized spacial score (nSPS) is 26.7. The molecule has 1 saturated carbocycles. The Bertz CT molecular complexity index is 668. The van der Waals surface area contributed by atoms with Gasteiger partial charge in [0.2, 0.25) is 0 Å². The molecule has 2 heterocycles. The van der Waals surface area contributed by atoms with Gasteiger partial charge in [-0.05, 0) is 18.4 Å². The van der Waals surface area contributed by atoms with Gasteiger partial charge >= 0.3 is 5.97 Å². The molecule has 4 rings (SSSR count).